The number of rotatable bonds is 4. The average Bonchev–Trinajstić information content (AvgIpc) is 2.92. The van der Waals surface area contributed by atoms with Crippen LogP contribution in [-0.4, -0.2) is 52.0 Å². The van der Waals surface area contributed by atoms with Gasteiger partial charge in [0.2, 0.25) is 0 Å². The van der Waals surface area contributed by atoms with E-state index in [1.165, 1.54) is 38.0 Å². The number of piperidine rings is 1. The third-order valence-electron chi connectivity index (χ3n) is 7.05. The van der Waals surface area contributed by atoms with Gasteiger partial charge in [0, 0.05) is 36.5 Å². The standard InChI is InChI=1S/C20H24ClN5O/c21-16-4-11(6-23-20(16)22)17-5-18(26(24-17)12-2-1-3-12)19-14-7-25(8-15(14)19)13-9-27-10-13/h4-6,12-15,19H,1-3,7-10H2,(H2,22,23)/t14-,15+,19+. The molecule has 2 aliphatic heterocycles. The Morgan fingerprint density at radius 2 is 1.89 bits per heavy atom. The lowest BCUT2D eigenvalue weighted by molar-refractivity contribution is -0.0610. The summed E-state index contributed by atoms with van der Waals surface area (Å²) in [4.78, 5) is 6.84. The molecule has 0 amide bonds. The van der Waals surface area contributed by atoms with E-state index >= 15 is 0 Å². The van der Waals surface area contributed by atoms with Gasteiger partial charge in [-0.2, -0.15) is 5.10 Å². The molecule has 2 aliphatic carbocycles. The summed E-state index contributed by atoms with van der Waals surface area (Å²) in [6, 6.07) is 5.38. The lowest BCUT2D eigenvalue weighted by atomic mass is 9.93. The van der Waals surface area contributed by atoms with Crippen molar-refractivity contribution in [2.75, 3.05) is 32.0 Å². The van der Waals surface area contributed by atoms with Gasteiger partial charge in [-0.25, -0.2) is 4.98 Å². The number of hydrogen-bond donors (Lipinski definition) is 1. The maximum atomic E-state index is 6.19. The number of hydrogen-bond acceptors (Lipinski definition) is 5. The molecular formula is C20H24ClN5O. The van der Waals surface area contributed by atoms with Crippen molar-refractivity contribution in [3.05, 3.63) is 29.0 Å². The van der Waals surface area contributed by atoms with E-state index < -0.39 is 0 Å². The number of pyridine rings is 1. The van der Waals surface area contributed by atoms with Crippen LogP contribution in [0.4, 0.5) is 5.82 Å². The van der Waals surface area contributed by atoms with Crippen LogP contribution in [0.2, 0.25) is 5.02 Å². The summed E-state index contributed by atoms with van der Waals surface area (Å²) in [7, 11) is 0. The van der Waals surface area contributed by atoms with Crippen molar-refractivity contribution >= 4 is 17.4 Å². The van der Waals surface area contributed by atoms with Gasteiger partial charge < -0.3 is 10.5 Å². The quantitative estimate of drug-likeness (QED) is 0.876. The van der Waals surface area contributed by atoms with Crippen molar-refractivity contribution in [2.45, 2.75) is 37.3 Å². The van der Waals surface area contributed by atoms with Crippen molar-refractivity contribution in [3.63, 3.8) is 0 Å². The average molecular weight is 386 g/mol. The molecule has 2 saturated heterocycles. The zero-order valence-corrected chi connectivity index (χ0v) is 16.0. The zero-order valence-electron chi connectivity index (χ0n) is 15.2. The monoisotopic (exact) mass is 385 g/mol. The van der Waals surface area contributed by atoms with Crippen molar-refractivity contribution in [3.8, 4) is 11.3 Å². The van der Waals surface area contributed by atoms with E-state index in [1.807, 2.05) is 6.07 Å². The summed E-state index contributed by atoms with van der Waals surface area (Å²) in [6.45, 7) is 4.26. The first-order valence-corrected chi connectivity index (χ1v) is 10.4. The molecule has 0 radical (unpaired) electrons. The molecule has 0 spiro atoms. The van der Waals surface area contributed by atoms with Gasteiger partial charge in [-0.15, -0.1) is 0 Å². The van der Waals surface area contributed by atoms with E-state index in [2.05, 4.69) is 20.6 Å². The molecule has 0 unspecified atom stereocenters. The second-order valence-electron chi connectivity index (χ2n) is 8.57. The third kappa shape index (κ3) is 2.53. The van der Waals surface area contributed by atoms with Gasteiger partial charge in [0.15, 0.2) is 0 Å². The third-order valence-corrected chi connectivity index (χ3v) is 7.35. The van der Waals surface area contributed by atoms with E-state index in [1.54, 1.807) is 6.20 Å². The summed E-state index contributed by atoms with van der Waals surface area (Å²) in [5.74, 6) is 2.58. The van der Waals surface area contributed by atoms with Gasteiger partial charge >= 0.3 is 0 Å². The summed E-state index contributed by atoms with van der Waals surface area (Å²) < 4.78 is 7.69. The van der Waals surface area contributed by atoms with Crippen molar-refractivity contribution in [2.24, 2.45) is 11.8 Å². The number of nitrogens with zero attached hydrogens (tertiary/aromatic N) is 4. The minimum atomic E-state index is 0.371. The summed E-state index contributed by atoms with van der Waals surface area (Å²) in [5.41, 5.74) is 9.12. The molecule has 2 aromatic heterocycles. The molecule has 6 nitrogen and oxygen atoms in total. The number of nitrogens with two attached hydrogens (primary N) is 1. The van der Waals surface area contributed by atoms with E-state index in [0.29, 0.717) is 28.8 Å². The molecular weight excluding hydrogens is 362 g/mol. The van der Waals surface area contributed by atoms with Crippen LogP contribution < -0.4 is 5.73 Å². The molecule has 4 aliphatic rings. The van der Waals surface area contributed by atoms with Crippen molar-refractivity contribution in [1.29, 1.82) is 0 Å². The topological polar surface area (TPSA) is 69.2 Å². The van der Waals surface area contributed by atoms with Gasteiger partial charge in [0.05, 0.1) is 36.0 Å². The fraction of sp³-hybridized carbons (Fsp3) is 0.600. The Balaban J connectivity index is 1.29. The summed E-state index contributed by atoms with van der Waals surface area (Å²) in [6.07, 6.45) is 5.57. The molecule has 7 heteroatoms. The van der Waals surface area contributed by atoms with Crippen molar-refractivity contribution < 1.29 is 4.74 Å². The first-order chi connectivity index (χ1) is 13.2. The zero-order chi connectivity index (χ0) is 18.1. The predicted octanol–water partition coefficient (Wildman–Crippen LogP) is 2.95. The Labute approximate surface area is 163 Å². The molecule has 6 rings (SSSR count). The number of nitrogen functional groups attached to an aromatic ring is 1. The number of halogens is 1. The summed E-state index contributed by atoms with van der Waals surface area (Å²) >= 11 is 6.19. The number of likely N-dealkylation sites (tertiary alicyclic amines) is 1. The fourth-order valence-electron chi connectivity index (χ4n) is 5.04. The van der Waals surface area contributed by atoms with Crippen LogP contribution in [-0.2, 0) is 4.74 Å². The van der Waals surface area contributed by atoms with Gasteiger partial charge in [-0.1, -0.05) is 11.6 Å². The predicted molar refractivity (Wildman–Crippen MR) is 104 cm³/mol. The van der Waals surface area contributed by atoms with Crippen LogP contribution in [0.15, 0.2) is 18.3 Å². The van der Waals surface area contributed by atoms with Crippen molar-refractivity contribution in [1.82, 2.24) is 19.7 Å². The highest BCUT2D eigenvalue weighted by Gasteiger charge is 2.59. The highest BCUT2D eigenvalue weighted by molar-refractivity contribution is 6.33. The maximum absolute atomic E-state index is 6.19. The number of fused-ring (bicyclic) bond motifs is 1. The lowest BCUT2D eigenvalue weighted by Crippen LogP contribution is -2.48. The van der Waals surface area contributed by atoms with E-state index in [0.717, 1.165) is 36.3 Å². The first-order valence-electron chi connectivity index (χ1n) is 10.0. The Morgan fingerprint density at radius 3 is 2.48 bits per heavy atom. The van der Waals surface area contributed by atoms with Gasteiger partial charge in [0.1, 0.15) is 5.82 Å². The minimum absolute atomic E-state index is 0.371. The Hall–Kier alpha value is -1.63. The van der Waals surface area contributed by atoms with Crippen LogP contribution in [0, 0.1) is 11.8 Å². The first kappa shape index (κ1) is 16.3. The molecule has 2 aromatic rings. The maximum Gasteiger partial charge on any atom is 0.142 e. The minimum Gasteiger partial charge on any atom is -0.382 e. The Morgan fingerprint density at radius 1 is 1.11 bits per heavy atom. The lowest BCUT2D eigenvalue weighted by Gasteiger charge is -2.36. The van der Waals surface area contributed by atoms with E-state index in [-0.39, 0.29) is 0 Å². The second-order valence-corrected chi connectivity index (χ2v) is 8.98. The number of anilines is 1. The number of ether oxygens (including phenoxy) is 1. The molecule has 2 saturated carbocycles. The number of aromatic nitrogens is 3. The van der Waals surface area contributed by atoms with Gasteiger partial charge in [-0.3, -0.25) is 9.58 Å². The van der Waals surface area contributed by atoms with Crippen LogP contribution in [0.5, 0.6) is 0 Å². The smallest absolute Gasteiger partial charge is 0.142 e. The van der Waals surface area contributed by atoms with Crippen LogP contribution in [0.1, 0.15) is 36.9 Å². The van der Waals surface area contributed by atoms with Crippen LogP contribution >= 0.6 is 11.6 Å². The molecule has 3 atom stereocenters. The van der Waals surface area contributed by atoms with Gasteiger partial charge in [0.25, 0.3) is 0 Å². The molecule has 0 aromatic carbocycles. The molecule has 0 bridgehead atoms. The molecule has 4 heterocycles. The van der Waals surface area contributed by atoms with E-state index in [4.69, 9.17) is 27.2 Å². The highest BCUT2D eigenvalue weighted by Crippen LogP contribution is 2.59. The van der Waals surface area contributed by atoms with E-state index in [9.17, 15) is 0 Å². The Kier molecular flexibility index (Phi) is 3.59. The Bertz CT molecular complexity index is 878. The normalized spacial score (nSPS) is 30.8. The molecule has 2 N–H and O–H groups in total. The SMILES string of the molecule is Nc1ncc(-c2cc([C@H]3[C@@H]4CN(C5COC5)C[C@@H]43)n(C3CCC3)n2)cc1Cl. The second kappa shape index (κ2) is 5.93. The van der Waals surface area contributed by atoms with Crippen LogP contribution in [0.3, 0.4) is 0 Å². The largest absolute Gasteiger partial charge is 0.382 e. The van der Waals surface area contributed by atoms with Gasteiger partial charge in [-0.05, 0) is 43.2 Å². The highest BCUT2D eigenvalue weighted by atomic mass is 35.5. The summed E-state index contributed by atoms with van der Waals surface area (Å²) in [5, 5.41) is 5.48. The van der Waals surface area contributed by atoms with Crippen LogP contribution in [0.25, 0.3) is 11.3 Å². The molecule has 142 valence electrons. The fourth-order valence-corrected chi connectivity index (χ4v) is 5.21. The molecule has 27 heavy (non-hydrogen) atoms. The molecule has 4 fully saturated rings.